The van der Waals surface area contributed by atoms with Gasteiger partial charge in [0.15, 0.2) is 0 Å². The Morgan fingerprint density at radius 2 is 2.23 bits per heavy atom. The highest BCUT2D eigenvalue weighted by Gasteiger charge is 2.27. The number of alkyl carbamates (subject to hydrolysis) is 1. The summed E-state index contributed by atoms with van der Waals surface area (Å²) in [5.41, 5.74) is 0.476. The maximum Gasteiger partial charge on any atom is 0.408 e. The van der Waals surface area contributed by atoms with Gasteiger partial charge in [-0.2, -0.15) is 0 Å². The molecule has 0 saturated carbocycles. The lowest BCUT2D eigenvalue weighted by atomic mass is 10.00. The van der Waals surface area contributed by atoms with Crippen molar-refractivity contribution in [2.75, 3.05) is 13.2 Å². The van der Waals surface area contributed by atoms with Gasteiger partial charge in [0.1, 0.15) is 5.60 Å². The summed E-state index contributed by atoms with van der Waals surface area (Å²) >= 11 is 0. The molecular weight excluding hydrogens is 282 g/mol. The fraction of sp³-hybridized carbons (Fsp3) is 0.750. The molecule has 2 rings (SSSR count). The Morgan fingerprint density at radius 3 is 2.82 bits per heavy atom. The van der Waals surface area contributed by atoms with E-state index in [0.29, 0.717) is 12.0 Å². The van der Waals surface area contributed by atoms with Gasteiger partial charge < -0.3 is 19.4 Å². The molecule has 6 nitrogen and oxygen atoms in total. The summed E-state index contributed by atoms with van der Waals surface area (Å²) in [4.78, 5) is 16.2. The van der Waals surface area contributed by atoms with Crippen molar-refractivity contribution >= 4 is 6.09 Å². The highest BCUT2D eigenvalue weighted by molar-refractivity contribution is 5.68. The van der Waals surface area contributed by atoms with Gasteiger partial charge in [0.2, 0.25) is 0 Å². The molecular formula is C16H27N3O3. The summed E-state index contributed by atoms with van der Waals surface area (Å²) in [5.74, 6) is 0.488. The zero-order chi connectivity index (χ0) is 16.3. The first-order chi connectivity index (χ1) is 10.3. The van der Waals surface area contributed by atoms with Crippen LogP contribution in [0.15, 0.2) is 12.5 Å². The highest BCUT2D eigenvalue weighted by atomic mass is 16.6. The molecule has 1 saturated heterocycles. The van der Waals surface area contributed by atoms with Crippen molar-refractivity contribution in [2.45, 2.75) is 58.7 Å². The van der Waals surface area contributed by atoms with E-state index in [1.165, 1.54) is 0 Å². The second-order valence-corrected chi connectivity index (χ2v) is 6.96. The van der Waals surface area contributed by atoms with Crippen molar-refractivity contribution in [3.8, 4) is 0 Å². The molecule has 6 heteroatoms. The number of nitrogens with zero attached hydrogens (tertiary/aromatic N) is 2. The summed E-state index contributed by atoms with van der Waals surface area (Å²) in [5, 5.41) is 2.87. The average Bonchev–Trinajstić information content (AvgIpc) is 3.07. The van der Waals surface area contributed by atoms with Gasteiger partial charge in [-0.05, 0) is 41.0 Å². The van der Waals surface area contributed by atoms with E-state index in [9.17, 15) is 4.79 Å². The van der Waals surface area contributed by atoms with Crippen molar-refractivity contribution in [3.63, 3.8) is 0 Å². The molecule has 1 fully saturated rings. The first-order valence-electron chi connectivity index (χ1n) is 7.87. The molecule has 0 aromatic carbocycles. The third kappa shape index (κ3) is 4.22. The quantitative estimate of drug-likeness (QED) is 0.928. The molecule has 1 aromatic rings. The minimum Gasteiger partial charge on any atom is -0.444 e. The first kappa shape index (κ1) is 16.8. The average molecular weight is 309 g/mol. The van der Waals surface area contributed by atoms with Crippen LogP contribution in [-0.4, -0.2) is 34.5 Å². The van der Waals surface area contributed by atoms with E-state index in [-0.39, 0.29) is 6.04 Å². The van der Waals surface area contributed by atoms with E-state index in [1.807, 2.05) is 34.0 Å². The van der Waals surface area contributed by atoms with Gasteiger partial charge in [-0.1, -0.05) is 0 Å². The van der Waals surface area contributed by atoms with Crippen LogP contribution in [0.3, 0.4) is 0 Å². The molecule has 124 valence electrons. The van der Waals surface area contributed by atoms with Gasteiger partial charge in [0.05, 0.1) is 30.9 Å². The maximum atomic E-state index is 11.9. The second-order valence-electron chi connectivity index (χ2n) is 6.96. The molecule has 1 aliphatic heterocycles. The Balaban J connectivity index is 2.03. The zero-order valence-electron chi connectivity index (χ0n) is 14.1. The van der Waals surface area contributed by atoms with Crippen LogP contribution in [0.4, 0.5) is 4.79 Å². The molecule has 0 aliphatic carbocycles. The van der Waals surface area contributed by atoms with Crippen LogP contribution in [0.5, 0.6) is 0 Å². The summed E-state index contributed by atoms with van der Waals surface area (Å²) < 4.78 is 12.9. The monoisotopic (exact) mass is 309 g/mol. The Bertz CT molecular complexity index is 501. The zero-order valence-corrected chi connectivity index (χ0v) is 14.1. The van der Waals surface area contributed by atoms with Crippen molar-refractivity contribution in [3.05, 3.63) is 18.2 Å². The third-order valence-electron chi connectivity index (χ3n) is 3.96. The normalized spacial score (nSPS) is 21.4. The standard InChI is InChI=1S/C16H27N3O3/c1-11(18-15(20)22-16(3,4)5)14-8-17-10-19(14)12(2)13-6-7-21-9-13/h8,10-13H,6-7,9H2,1-5H3,(H,18,20)/t11-,12?,13?/m0/s1. The molecule has 0 bridgehead atoms. The topological polar surface area (TPSA) is 65.4 Å². The van der Waals surface area contributed by atoms with Crippen molar-refractivity contribution in [1.82, 2.24) is 14.9 Å². The number of rotatable bonds is 4. The minimum absolute atomic E-state index is 0.165. The highest BCUT2D eigenvalue weighted by Crippen LogP contribution is 2.28. The number of carbonyl (C=O) groups excluding carboxylic acids is 1. The van der Waals surface area contributed by atoms with Gasteiger partial charge in [-0.15, -0.1) is 0 Å². The van der Waals surface area contributed by atoms with Crippen LogP contribution < -0.4 is 5.32 Å². The van der Waals surface area contributed by atoms with Crippen LogP contribution >= 0.6 is 0 Å². The van der Waals surface area contributed by atoms with E-state index >= 15 is 0 Å². The van der Waals surface area contributed by atoms with Crippen LogP contribution in [0.25, 0.3) is 0 Å². The number of nitrogens with one attached hydrogen (secondary N) is 1. The second kappa shape index (κ2) is 6.69. The van der Waals surface area contributed by atoms with E-state index in [4.69, 9.17) is 9.47 Å². The van der Waals surface area contributed by atoms with E-state index in [2.05, 4.69) is 21.8 Å². The fourth-order valence-corrected chi connectivity index (χ4v) is 2.71. The molecule has 1 amide bonds. The number of imidazole rings is 1. The summed E-state index contributed by atoms with van der Waals surface area (Å²) in [7, 11) is 0. The maximum absolute atomic E-state index is 11.9. The molecule has 2 unspecified atom stereocenters. The Kier molecular flexibility index (Phi) is 5.11. The van der Waals surface area contributed by atoms with E-state index in [0.717, 1.165) is 25.3 Å². The van der Waals surface area contributed by atoms with E-state index < -0.39 is 11.7 Å². The summed E-state index contributed by atoms with van der Waals surface area (Å²) in [6.45, 7) is 11.3. The lowest BCUT2D eigenvalue weighted by molar-refractivity contribution is 0.0505. The van der Waals surface area contributed by atoms with Gasteiger partial charge in [-0.3, -0.25) is 0 Å². The molecule has 1 aliphatic rings. The van der Waals surface area contributed by atoms with Crippen LogP contribution in [0.1, 0.15) is 58.8 Å². The largest absolute Gasteiger partial charge is 0.444 e. The predicted octanol–water partition coefficient (Wildman–Crippen LogP) is 3.07. The predicted molar refractivity (Wildman–Crippen MR) is 83.6 cm³/mol. The summed E-state index contributed by atoms with van der Waals surface area (Å²) in [6.07, 6.45) is 4.27. The third-order valence-corrected chi connectivity index (χ3v) is 3.96. The van der Waals surface area contributed by atoms with Crippen molar-refractivity contribution in [2.24, 2.45) is 5.92 Å². The first-order valence-corrected chi connectivity index (χ1v) is 7.87. The molecule has 0 spiro atoms. The Labute approximate surface area is 132 Å². The molecule has 0 radical (unpaired) electrons. The van der Waals surface area contributed by atoms with Gasteiger partial charge in [0, 0.05) is 18.6 Å². The molecule has 3 atom stereocenters. The number of hydrogen-bond donors (Lipinski definition) is 1. The number of ether oxygens (including phenoxy) is 2. The number of amides is 1. The van der Waals surface area contributed by atoms with Crippen LogP contribution in [0, 0.1) is 5.92 Å². The molecule has 1 N–H and O–H groups in total. The fourth-order valence-electron chi connectivity index (χ4n) is 2.71. The van der Waals surface area contributed by atoms with Crippen LogP contribution in [-0.2, 0) is 9.47 Å². The Hall–Kier alpha value is -1.56. The SMILES string of the molecule is CC(C1CCOC1)n1cncc1[C@H](C)NC(=O)OC(C)(C)C. The molecule has 2 heterocycles. The van der Waals surface area contributed by atoms with Gasteiger partial charge in [0.25, 0.3) is 0 Å². The minimum atomic E-state index is -0.501. The van der Waals surface area contributed by atoms with E-state index in [1.54, 1.807) is 6.20 Å². The molecule has 22 heavy (non-hydrogen) atoms. The summed E-state index contributed by atoms with van der Waals surface area (Å²) in [6, 6.07) is 0.130. The van der Waals surface area contributed by atoms with Crippen LogP contribution in [0.2, 0.25) is 0 Å². The smallest absolute Gasteiger partial charge is 0.408 e. The molecule has 1 aromatic heterocycles. The number of hydrogen-bond acceptors (Lipinski definition) is 4. The van der Waals surface area contributed by atoms with Crippen molar-refractivity contribution in [1.29, 1.82) is 0 Å². The van der Waals surface area contributed by atoms with Gasteiger partial charge in [-0.25, -0.2) is 9.78 Å². The lowest BCUT2D eigenvalue weighted by Crippen LogP contribution is -2.35. The Morgan fingerprint density at radius 1 is 1.50 bits per heavy atom. The number of aromatic nitrogens is 2. The van der Waals surface area contributed by atoms with Gasteiger partial charge >= 0.3 is 6.09 Å². The number of carbonyl (C=O) groups is 1. The lowest BCUT2D eigenvalue weighted by Gasteiger charge is -2.25. The van der Waals surface area contributed by atoms with Crippen molar-refractivity contribution < 1.29 is 14.3 Å².